The van der Waals surface area contributed by atoms with Crippen molar-refractivity contribution in [1.82, 2.24) is 4.98 Å². The van der Waals surface area contributed by atoms with E-state index in [9.17, 15) is 9.59 Å². The zero-order chi connectivity index (χ0) is 17.9. The Labute approximate surface area is 155 Å². The van der Waals surface area contributed by atoms with Crippen molar-refractivity contribution in [3.63, 3.8) is 0 Å². The molecule has 0 spiro atoms. The van der Waals surface area contributed by atoms with E-state index in [0.717, 1.165) is 22.5 Å². The number of hydrogen-bond acceptors (Lipinski definition) is 4. The van der Waals surface area contributed by atoms with Gasteiger partial charge in [0.15, 0.2) is 0 Å². The van der Waals surface area contributed by atoms with Gasteiger partial charge in [-0.25, -0.2) is 0 Å². The van der Waals surface area contributed by atoms with Gasteiger partial charge in [-0.1, -0.05) is 12.1 Å². The van der Waals surface area contributed by atoms with E-state index in [1.807, 2.05) is 35.7 Å². The van der Waals surface area contributed by atoms with Crippen LogP contribution >= 0.6 is 11.3 Å². The highest BCUT2D eigenvalue weighted by molar-refractivity contribution is 7.10. The van der Waals surface area contributed by atoms with Gasteiger partial charge in [0, 0.05) is 40.8 Å². The van der Waals surface area contributed by atoms with Crippen molar-refractivity contribution in [3.05, 3.63) is 76.2 Å². The summed E-state index contributed by atoms with van der Waals surface area (Å²) in [6.07, 6.45) is 4.40. The van der Waals surface area contributed by atoms with Gasteiger partial charge in [0.25, 0.3) is 5.91 Å². The van der Waals surface area contributed by atoms with Gasteiger partial charge in [-0.05, 0) is 47.7 Å². The molecule has 0 saturated heterocycles. The highest BCUT2D eigenvalue weighted by atomic mass is 32.1. The highest BCUT2D eigenvalue weighted by Crippen LogP contribution is 2.32. The Balaban J connectivity index is 1.52. The first-order valence-electron chi connectivity index (χ1n) is 8.38. The Morgan fingerprint density at radius 1 is 1.15 bits per heavy atom. The molecule has 5 nitrogen and oxygen atoms in total. The molecule has 1 aliphatic rings. The molecule has 0 bridgehead atoms. The van der Waals surface area contributed by atoms with Crippen LogP contribution in [0.5, 0.6) is 0 Å². The van der Waals surface area contributed by atoms with Crippen LogP contribution in [0, 0.1) is 0 Å². The quantitative estimate of drug-likeness (QED) is 0.771. The number of nitrogens with zero attached hydrogens (tertiary/aromatic N) is 2. The molecule has 2 aromatic heterocycles. The van der Waals surface area contributed by atoms with Gasteiger partial charge in [-0.15, -0.1) is 11.3 Å². The fourth-order valence-electron chi connectivity index (χ4n) is 3.09. The van der Waals surface area contributed by atoms with Crippen LogP contribution < -0.4 is 10.2 Å². The fraction of sp³-hybridized carbons (Fsp3) is 0.150. The Bertz CT molecular complexity index is 939. The van der Waals surface area contributed by atoms with Crippen molar-refractivity contribution < 1.29 is 9.59 Å². The van der Waals surface area contributed by atoms with E-state index in [1.165, 1.54) is 0 Å². The van der Waals surface area contributed by atoms with E-state index in [1.54, 1.807) is 40.8 Å². The molecule has 0 unspecified atom stereocenters. The Morgan fingerprint density at radius 3 is 2.77 bits per heavy atom. The maximum Gasteiger partial charge on any atom is 0.258 e. The fourth-order valence-corrected chi connectivity index (χ4v) is 3.80. The minimum atomic E-state index is -0.0580. The van der Waals surface area contributed by atoms with Crippen LogP contribution in [0.3, 0.4) is 0 Å². The number of carbonyl (C=O) groups excluding carboxylic acids is 2. The van der Waals surface area contributed by atoms with Gasteiger partial charge in [0.1, 0.15) is 0 Å². The molecule has 1 N–H and O–H groups in total. The van der Waals surface area contributed by atoms with E-state index in [2.05, 4.69) is 10.3 Å². The normalized spacial score (nSPS) is 12.7. The molecule has 0 aliphatic carbocycles. The van der Waals surface area contributed by atoms with Gasteiger partial charge >= 0.3 is 0 Å². The first-order chi connectivity index (χ1) is 12.7. The average Bonchev–Trinajstić information content (AvgIpc) is 3.31. The number of carbonyl (C=O) groups is 2. The molecule has 2 amide bonds. The van der Waals surface area contributed by atoms with Gasteiger partial charge in [0.05, 0.1) is 6.42 Å². The lowest BCUT2D eigenvalue weighted by Crippen LogP contribution is -2.28. The molecular formula is C20H17N3O2S. The number of benzene rings is 1. The number of hydrogen-bond donors (Lipinski definition) is 1. The Kier molecular flexibility index (Phi) is 4.50. The largest absolute Gasteiger partial charge is 0.326 e. The third-order valence-electron chi connectivity index (χ3n) is 4.35. The minimum absolute atomic E-state index is 0.0480. The zero-order valence-corrected chi connectivity index (χ0v) is 14.8. The van der Waals surface area contributed by atoms with Crippen molar-refractivity contribution in [1.29, 1.82) is 0 Å². The summed E-state index contributed by atoms with van der Waals surface area (Å²) in [6.45, 7) is 0.642. The third kappa shape index (κ3) is 3.36. The summed E-state index contributed by atoms with van der Waals surface area (Å²) in [5, 5.41) is 4.89. The number of amides is 2. The minimum Gasteiger partial charge on any atom is -0.326 e. The lowest BCUT2D eigenvalue weighted by atomic mass is 10.1. The van der Waals surface area contributed by atoms with Crippen molar-refractivity contribution in [2.24, 2.45) is 0 Å². The topological polar surface area (TPSA) is 62.3 Å². The molecule has 0 atom stereocenters. The average molecular weight is 363 g/mol. The summed E-state index contributed by atoms with van der Waals surface area (Å²) >= 11 is 1.57. The number of nitrogens with one attached hydrogen (secondary N) is 1. The Hall–Kier alpha value is -2.99. The summed E-state index contributed by atoms with van der Waals surface area (Å²) < 4.78 is 0. The monoisotopic (exact) mass is 363 g/mol. The summed E-state index contributed by atoms with van der Waals surface area (Å²) in [6, 6.07) is 13.1. The maximum atomic E-state index is 12.8. The van der Waals surface area contributed by atoms with Crippen LogP contribution in [-0.2, 0) is 17.6 Å². The second kappa shape index (κ2) is 7.09. The first kappa shape index (κ1) is 16.5. The van der Waals surface area contributed by atoms with Crippen LogP contribution in [0.2, 0.25) is 0 Å². The van der Waals surface area contributed by atoms with Gasteiger partial charge < -0.3 is 10.2 Å². The van der Waals surface area contributed by atoms with Gasteiger partial charge in [-0.3, -0.25) is 14.6 Å². The highest BCUT2D eigenvalue weighted by Gasteiger charge is 2.26. The second-order valence-electron chi connectivity index (χ2n) is 6.09. The number of fused-ring (bicyclic) bond motifs is 1. The number of rotatable bonds is 4. The molecule has 4 rings (SSSR count). The maximum absolute atomic E-state index is 12.8. The first-order valence-corrected chi connectivity index (χ1v) is 9.26. The molecular weight excluding hydrogens is 346 g/mol. The molecule has 0 fully saturated rings. The predicted octanol–water partition coefficient (Wildman–Crippen LogP) is 3.53. The molecule has 26 heavy (non-hydrogen) atoms. The van der Waals surface area contributed by atoms with Crippen LogP contribution in [0.25, 0.3) is 0 Å². The number of aromatic nitrogens is 1. The zero-order valence-electron chi connectivity index (χ0n) is 14.0. The smallest absolute Gasteiger partial charge is 0.258 e. The molecule has 3 aromatic rings. The molecule has 3 heterocycles. The summed E-state index contributed by atoms with van der Waals surface area (Å²) in [4.78, 5) is 31.7. The summed E-state index contributed by atoms with van der Waals surface area (Å²) in [5.41, 5.74) is 3.30. The van der Waals surface area contributed by atoms with E-state index in [-0.39, 0.29) is 11.8 Å². The predicted molar refractivity (Wildman–Crippen MR) is 103 cm³/mol. The van der Waals surface area contributed by atoms with Crippen molar-refractivity contribution in [2.45, 2.75) is 12.8 Å². The molecule has 0 saturated carbocycles. The molecule has 1 aromatic carbocycles. The standard InChI is InChI=1S/C20H17N3O2S/c24-19(13-17-2-1-11-26-17)22-16-4-3-14-7-10-23(18(14)12-16)20(25)15-5-8-21-9-6-15/h1-6,8-9,11-12H,7,10,13H2,(H,22,24). The van der Waals surface area contributed by atoms with Gasteiger partial charge in [0.2, 0.25) is 5.91 Å². The van der Waals surface area contributed by atoms with E-state index in [0.29, 0.717) is 24.2 Å². The second-order valence-corrected chi connectivity index (χ2v) is 7.12. The van der Waals surface area contributed by atoms with Crippen LogP contribution in [-0.4, -0.2) is 23.3 Å². The van der Waals surface area contributed by atoms with Crippen molar-refractivity contribution in [3.8, 4) is 0 Å². The van der Waals surface area contributed by atoms with Crippen LogP contribution in [0.4, 0.5) is 11.4 Å². The van der Waals surface area contributed by atoms with Crippen LogP contribution in [0.1, 0.15) is 20.8 Å². The van der Waals surface area contributed by atoms with Gasteiger partial charge in [-0.2, -0.15) is 0 Å². The number of anilines is 2. The van der Waals surface area contributed by atoms with Crippen LogP contribution in [0.15, 0.2) is 60.2 Å². The lowest BCUT2D eigenvalue weighted by Gasteiger charge is -2.18. The molecule has 0 radical (unpaired) electrons. The lowest BCUT2D eigenvalue weighted by molar-refractivity contribution is -0.115. The number of thiophene rings is 1. The Morgan fingerprint density at radius 2 is 2.00 bits per heavy atom. The number of pyridine rings is 1. The molecule has 130 valence electrons. The van der Waals surface area contributed by atoms with E-state index >= 15 is 0 Å². The third-order valence-corrected chi connectivity index (χ3v) is 5.23. The summed E-state index contributed by atoms with van der Waals surface area (Å²) in [5.74, 6) is -0.106. The SMILES string of the molecule is O=C(Cc1cccs1)Nc1ccc2c(c1)N(C(=O)c1ccncc1)CC2. The van der Waals surface area contributed by atoms with Crippen molar-refractivity contribution >= 4 is 34.5 Å². The van der Waals surface area contributed by atoms with Crippen molar-refractivity contribution in [2.75, 3.05) is 16.8 Å². The van der Waals surface area contributed by atoms with E-state index in [4.69, 9.17) is 0 Å². The summed E-state index contributed by atoms with van der Waals surface area (Å²) in [7, 11) is 0. The molecule has 1 aliphatic heterocycles. The van der Waals surface area contributed by atoms with E-state index < -0.39 is 0 Å². The molecule has 6 heteroatoms.